The number of fused-ring (bicyclic) bond motifs is 1. The molecule has 1 aromatic carbocycles. The van der Waals surface area contributed by atoms with Crippen LogP contribution in [0.3, 0.4) is 0 Å². The molecule has 90 valence electrons. The van der Waals surface area contributed by atoms with Gasteiger partial charge in [-0.15, -0.1) is 0 Å². The minimum absolute atomic E-state index is 0.752. The van der Waals surface area contributed by atoms with Crippen molar-refractivity contribution >= 4 is 27.1 Å². The van der Waals surface area contributed by atoms with Crippen LogP contribution in [0.1, 0.15) is 0 Å². The highest BCUT2D eigenvalue weighted by Crippen LogP contribution is 2.31. The zero-order chi connectivity index (χ0) is 12.5. The summed E-state index contributed by atoms with van der Waals surface area (Å²) in [6.07, 6.45) is 1.74. The lowest BCUT2D eigenvalue weighted by Crippen LogP contribution is -1.89. The number of aromatic amines is 1. The van der Waals surface area contributed by atoms with Crippen LogP contribution in [0, 0.1) is 0 Å². The number of halogens is 1. The average molecular weight is 304 g/mol. The first kappa shape index (κ1) is 11.2. The number of hydrogen-bond donors (Lipinski definition) is 1. The summed E-state index contributed by atoms with van der Waals surface area (Å²) in [6.45, 7) is 0. The second kappa shape index (κ2) is 4.42. The van der Waals surface area contributed by atoms with Gasteiger partial charge >= 0.3 is 0 Å². The van der Waals surface area contributed by atoms with Crippen molar-refractivity contribution in [2.75, 3.05) is 7.11 Å². The van der Waals surface area contributed by atoms with Gasteiger partial charge in [0.2, 0.25) is 0 Å². The number of ether oxygens (including phenoxy) is 1. The number of hydrogen-bond acceptors (Lipinski definition) is 3. The molecule has 2 heterocycles. The molecular formula is C13H10BrN3O. The highest BCUT2D eigenvalue weighted by Gasteiger charge is 2.11. The van der Waals surface area contributed by atoms with Crippen LogP contribution in [0.5, 0.6) is 5.75 Å². The molecule has 0 amide bonds. The Morgan fingerprint density at radius 1 is 1.28 bits per heavy atom. The smallest absolute Gasteiger partial charge is 0.157 e. The number of rotatable bonds is 2. The van der Waals surface area contributed by atoms with Crippen molar-refractivity contribution in [3.05, 3.63) is 41.0 Å². The predicted octanol–water partition coefficient (Wildman–Crippen LogP) is 3.40. The van der Waals surface area contributed by atoms with Crippen molar-refractivity contribution in [1.29, 1.82) is 0 Å². The van der Waals surface area contributed by atoms with Gasteiger partial charge in [0.25, 0.3) is 0 Å². The van der Waals surface area contributed by atoms with Crippen molar-refractivity contribution in [2.24, 2.45) is 0 Å². The van der Waals surface area contributed by atoms with E-state index in [0.717, 1.165) is 32.8 Å². The molecule has 0 radical (unpaired) electrons. The summed E-state index contributed by atoms with van der Waals surface area (Å²) in [7, 11) is 1.65. The van der Waals surface area contributed by atoms with E-state index < -0.39 is 0 Å². The second-order valence-electron chi connectivity index (χ2n) is 3.80. The monoisotopic (exact) mass is 303 g/mol. The summed E-state index contributed by atoms with van der Waals surface area (Å²) in [4.78, 5) is 11.9. The van der Waals surface area contributed by atoms with Crippen LogP contribution in [0.25, 0.3) is 22.6 Å². The van der Waals surface area contributed by atoms with Crippen LogP contribution in [-0.2, 0) is 0 Å². The largest absolute Gasteiger partial charge is 0.496 e. The van der Waals surface area contributed by atoms with Crippen molar-refractivity contribution in [2.45, 2.75) is 0 Å². The molecule has 5 heteroatoms. The lowest BCUT2D eigenvalue weighted by Gasteiger charge is -2.06. The molecular weight excluding hydrogens is 294 g/mol. The Morgan fingerprint density at radius 2 is 2.17 bits per heavy atom. The average Bonchev–Trinajstić information content (AvgIpc) is 2.82. The molecule has 0 unspecified atom stereocenters. The molecule has 1 N–H and O–H groups in total. The number of H-pyrrole nitrogens is 1. The summed E-state index contributed by atoms with van der Waals surface area (Å²) < 4.78 is 6.33. The first-order chi connectivity index (χ1) is 8.78. The molecule has 4 nitrogen and oxygen atoms in total. The fourth-order valence-electron chi connectivity index (χ4n) is 1.84. The van der Waals surface area contributed by atoms with Gasteiger partial charge in [0.1, 0.15) is 17.1 Å². The second-order valence-corrected chi connectivity index (χ2v) is 4.72. The van der Waals surface area contributed by atoms with E-state index in [1.165, 1.54) is 0 Å². The number of benzene rings is 1. The summed E-state index contributed by atoms with van der Waals surface area (Å²) in [5.74, 6) is 1.53. The van der Waals surface area contributed by atoms with E-state index in [2.05, 4.69) is 30.9 Å². The summed E-state index contributed by atoms with van der Waals surface area (Å²) in [5, 5.41) is 0. The Labute approximate surface area is 112 Å². The van der Waals surface area contributed by atoms with Crippen LogP contribution >= 0.6 is 15.9 Å². The van der Waals surface area contributed by atoms with E-state index in [1.54, 1.807) is 13.3 Å². The quantitative estimate of drug-likeness (QED) is 0.789. The zero-order valence-corrected chi connectivity index (χ0v) is 11.2. The highest BCUT2D eigenvalue weighted by atomic mass is 79.9. The van der Waals surface area contributed by atoms with Crippen molar-refractivity contribution in [3.8, 4) is 17.1 Å². The lowest BCUT2D eigenvalue weighted by atomic mass is 10.2. The van der Waals surface area contributed by atoms with Gasteiger partial charge in [0.15, 0.2) is 5.65 Å². The molecule has 0 aliphatic heterocycles. The topological polar surface area (TPSA) is 50.8 Å². The fourth-order valence-corrected chi connectivity index (χ4v) is 2.20. The Balaban J connectivity index is 2.22. The van der Waals surface area contributed by atoms with Crippen LogP contribution in [0.2, 0.25) is 0 Å². The molecule has 3 aromatic rings. The van der Waals surface area contributed by atoms with Crippen LogP contribution in [-0.4, -0.2) is 22.1 Å². The summed E-state index contributed by atoms with van der Waals surface area (Å²) in [6, 6.07) is 9.59. The highest BCUT2D eigenvalue weighted by molar-refractivity contribution is 9.10. The van der Waals surface area contributed by atoms with Gasteiger partial charge in [-0.3, -0.25) is 0 Å². The Bertz CT molecular complexity index is 675. The SMILES string of the molecule is COc1ccc(Br)cc1-c1nc2cccnc2[nH]1. The molecule has 3 rings (SSSR count). The lowest BCUT2D eigenvalue weighted by molar-refractivity contribution is 0.416. The maximum absolute atomic E-state index is 5.35. The molecule has 0 spiro atoms. The molecule has 0 fully saturated rings. The molecule has 0 saturated heterocycles. The third-order valence-corrected chi connectivity index (χ3v) is 3.17. The normalized spacial score (nSPS) is 10.8. The molecule has 0 aliphatic carbocycles. The molecule has 18 heavy (non-hydrogen) atoms. The third-order valence-electron chi connectivity index (χ3n) is 2.67. The van der Waals surface area contributed by atoms with Gasteiger partial charge in [0.05, 0.1) is 12.7 Å². The van der Waals surface area contributed by atoms with Crippen LogP contribution in [0.15, 0.2) is 41.0 Å². The maximum atomic E-state index is 5.35. The van der Waals surface area contributed by atoms with E-state index in [4.69, 9.17) is 4.74 Å². The van der Waals surface area contributed by atoms with Crippen molar-refractivity contribution in [1.82, 2.24) is 15.0 Å². The van der Waals surface area contributed by atoms with Gasteiger partial charge in [-0.2, -0.15) is 0 Å². The number of pyridine rings is 1. The Hall–Kier alpha value is -1.88. The first-order valence-electron chi connectivity index (χ1n) is 5.42. The minimum atomic E-state index is 0.752. The molecule has 0 aliphatic rings. The molecule has 0 saturated carbocycles. The number of methoxy groups -OCH3 is 1. The minimum Gasteiger partial charge on any atom is -0.496 e. The third kappa shape index (κ3) is 1.86. The standard InChI is InChI=1S/C13H10BrN3O/c1-18-11-5-4-8(14)7-9(11)12-16-10-3-2-6-15-13(10)17-12/h2-7H,1H3,(H,15,16,17). The van der Waals surface area contributed by atoms with Gasteiger partial charge in [0, 0.05) is 10.7 Å². The van der Waals surface area contributed by atoms with Crippen LogP contribution in [0.4, 0.5) is 0 Å². The fraction of sp³-hybridized carbons (Fsp3) is 0.0769. The molecule has 0 atom stereocenters. The van der Waals surface area contributed by atoms with Gasteiger partial charge in [-0.05, 0) is 30.3 Å². The van der Waals surface area contributed by atoms with Crippen LogP contribution < -0.4 is 4.74 Å². The van der Waals surface area contributed by atoms with Crippen molar-refractivity contribution in [3.63, 3.8) is 0 Å². The Morgan fingerprint density at radius 3 is 2.94 bits per heavy atom. The zero-order valence-electron chi connectivity index (χ0n) is 9.64. The van der Waals surface area contributed by atoms with E-state index in [1.807, 2.05) is 30.3 Å². The van der Waals surface area contributed by atoms with Crippen molar-refractivity contribution < 1.29 is 4.74 Å². The van der Waals surface area contributed by atoms with Gasteiger partial charge in [-0.25, -0.2) is 9.97 Å². The van der Waals surface area contributed by atoms with E-state index in [0.29, 0.717) is 0 Å². The molecule has 2 aromatic heterocycles. The summed E-state index contributed by atoms with van der Waals surface area (Å²) in [5.41, 5.74) is 2.52. The van der Waals surface area contributed by atoms with E-state index >= 15 is 0 Å². The number of imidazole rings is 1. The number of aromatic nitrogens is 3. The Kier molecular flexibility index (Phi) is 2.76. The van der Waals surface area contributed by atoms with Gasteiger partial charge < -0.3 is 9.72 Å². The van der Waals surface area contributed by atoms with E-state index in [-0.39, 0.29) is 0 Å². The summed E-state index contributed by atoms with van der Waals surface area (Å²) >= 11 is 3.45. The number of nitrogens with one attached hydrogen (secondary N) is 1. The molecule has 0 bridgehead atoms. The maximum Gasteiger partial charge on any atom is 0.157 e. The predicted molar refractivity (Wildman–Crippen MR) is 73.6 cm³/mol. The first-order valence-corrected chi connectivity index (χ1v) is 6.22. The van der Waals surface area contributed by atoms with E-state index in [9.17, 15) is 0 Å². The van der Waals surface area contributed by atoms with Gasteiger partial charge in [-0.1, -0.05) is 15.9 Å². The number of nitrogens with zero attached hydrogens (tertiary/aromatic N) is 2.